The molecule has 0 unspecified atom stereocenters. The SMILES string of the molecule is CC(C)n1[c-][n+](C(C)C)cc1.[C-]#[O+].[C-]#[O+].[Co].[N]=O. The minimum atomic E-state index is 0. The first kappa shape index (κ1) is 25.6. The van der Waals surface area contributed by atoms with Crippen molar-refractivity contribution in [3.63, 3.8) is 0 Å². The monoisotopic (exact) mass is 297 g/mol. The molecule has 0 atom stereocenters. The van der Waals surface area contributed by atoms with Crippen molar-refractivity contribution in [3.05, 3.63) is 36.9 Å². The molecule has 6 nitrogen and oxygen atoms in total. The number of hydrogen-bond donors (Lipinski definition) is 0. The third-order valence-electron chi connectivity index (χ3n) is 1.73. The number of aromatic nitrogens is 2. The van der Waals surface area contributed by atoms with E-state index in [0.717, 1.165) is 0 Å². The molecule has 0 saturated heterocycles. The van der Waals surface area contributed by atoms with Crippen LogP contribution in [0.1, 0.15) is 39.8 Å². The van der Waals surface area contributed by atoms with Crippen molar-refractivity contribution >= 4 is 0 Å². The van der Waals surface area contributed by atoms with Gasteiger partial charge in [0.15, 0.2) is 0 Å². The fourth-order valence-electron chi connectivity index (χ4n) is 0.919. The van der Waals surface area contributed by atoms with E-state index >= 15 is 0 Å². The predicted molar refractivity (Wildman–Crippen MR) is 57.6 cm³/mol. The van der Waals surface area contributed by atoms with Crippen molar-refractivity contribution in [3.8, 4) is 0 Å². The molecule has 0 spiro atoms. The van der Waals surface area contributed by atoms with E-state index in [-0.39, 0.29) is 16.8 Å². The van der Waals surface area contributed by atoms with Gasteiger partial charge in [-0.1, -0.05) is 0 Å². The Morgan fingerprint density at radius 1 is 1.17 bits per heavy atom. The summed E-state index contributed by atoms with van der Waals surface area (Å²) in [6.45, 7) is 17.6. The fraction of sp³-hybridized carbons (Fsp3) is 0.545. The third-order valence-corrected chi connectivity index (χ3v) is 1.73. The average molecular weight is 297 g/mol. The van der Waals surface area contributed by atoms with E-state index in [9.17, 15) is 0 Å². The second kappa shape index (κ2) is 18.2. The standard InChI is InChI=1S/C9H16N2.2CO.Co.NO/c1-8(2)10-5-6-11(7-10)9(3)4;2*1-2;;1-2/h5-6,8-9H,1-4H3;;;;. The Balaban J connectivity index is -0.000000123. The summed E-state index contributed by atoms with van der Waals surface area (Å²) >= 11 is 0. The number of hydrogen-bond acceptors (Lipinski definition) is 1. The van der Waals surface area contributed by atoms with Crippen LogP contribution in [0, 0.1) is 24.5 Å². The van der Waals surface area contributed by atoms with E-state index < -0.39 is 0 Å². The van der Waals surface area contributed by atoms with Gasteiger partial charge in [0.25, 0.3) is 0 Å². The summed E-state index contributed by atoms with van der Waals surface area (Å²) in [5, 5.41) is 0. The van der Waals surface area contributed by atoms with Gasteiger partial charge in [0.2, 0.25) is 6.33 Å². The molecule has 0 aromatic carbocycles. The van der Waals surface area contributed by atoms with E-state index in [1.54, 1.807) is 0 Å². The molecule has 1 rings (SSSR count). The Hall–Kier alpha value is -1.20. The number of nitrogens with zero attached hydrogens (tertiary/aromatic N) is 3. The number of imidazole rings is 1. The number of rotatable bonds is 2. The van der Waals surface area contributed by atoms with E-state index in [0.29, 0.717) is 12.1 Å². The summed E-state index contributed by atoms with van der Waals surface area (Å²) in [5.41, 5.74) is 5.75. The zero-order valence-corrected chi connectivity index (χ0v) is 11.8. The van der Waals surface area contributed by atoms with Crippen molar-refractivity contribution in [2.75, 3.05) is 0 Å². The molecule has 0 aliphatic carbocycles. The molecule has 0 fully saturated rings. The maximum Gasteiger partial charge on any atom is 0.120 e. The number of nitroso groups, excluding NO2 is 1. The Bertz CT molecular complexity index is 293. The van der Waals surface area contributed by atoms with Crippen LogP contribution in [0.3, 0.4) is 0 Å². The van der Waals surface area contributed by atoms with Crippen LogP contribution in [0.4, 0.5) is 0 Å². The molecule has 1 heterocycles. The van der Waals surface area contributed by atoms with Crippen molar-refractivity contribution in [2.24, 2.45) is 0 Å². The zero-order chi connectivity index (χ0) is 14.4. The molecule has 2 radical (unpaired) electrons. The second-order valence-corrected chi connectivity index (χ2v) is 3.40. The normalized spacial score (nSPS) is 7.44. The molecule has 0 aliphatic heterocycles. The van der Waals surface area contributed by atoms with E-state index in [4.69, 9.17) is 19.8 Å². The van der Waals surface area contributed by atoms with Crippen molar-refractivity contribution < 1.29 is 30.7 Å². The molecule has 0 bridgehead atoms. The van der Waals surface area contributed by atoms with Gasteiger partial charge < -0.3 is 9.13 Å². The summed E-state index contributed by atoms with van der Waals surface area (Å²) in [7, 11) is 0. The van der Waals surface area contributed by atoms with Crippen LogP contribution in [0.25, 0.3) is 0 Å². The molecular weight excluding hydrogens is 281 g/mol. The van der Waals surface area contributed by atoms with Gasteiger partial charge in [0.1, 0.15) is 5.59 Å². The zero-order valence-electron chi connectivity index (χ0n) is 10.7. The largest absolute Gasteiger partial charge is 0.120 e. The van der Waals surface area contributed by atoms with E-state index in [2.05, 4.69) is 68.9 Å². The van der Waals surface area contributed by atoms with Gasteiger partial charge in [-0.2, -0.15) is 0 Å². The Morgan fingerprint density at radius 3 is 1.72 bits per heavy atom. The second-order valence-electron chi connectivity index (χ2n) is 3.40. The van der Waals surface area contributed by atoms with Crippen LogP contribution >= 0.6 is 0 Å². The fourth-order valence-corrected chi connectivity index (χ4v) is 0.919. The summed E-state index contributed by atoms with van der Waals surface area (Å²) < 4.78 is 19.2. The molecule has 7 heteroatoms. The van der Waals surface area contributed by atoms with Gasteiger partial charge in [-0.25, -0.2) is 0 Å². The molecule has 1 aromatic heterocycles. The average Bonchev–Trinajstić information content (AvgIpc) is 2.86. The van der Waals surface area contributed by atoms with Crippen molar-refractivity contribution in [1.82, 2.24) is 10.2 Å². The van der Waals surface area contributed by atoms with Gasteiger partial charge in [-0.15, -0.1) is 4.91 Å². The first-order chi connectivity index (χ1) is 8.11. The van der Waals surface area contributed by atoms with Crippen LogP contribution in [0.5, 0.6) is 0 Å². The maximum absolute atomic E-state index is 7.50. The summed E-state index contributed by atoms with van der Waals surface area (Å²) in [5.74, 6) is 0. The van der Waals surface area contributed by atoms with Crippen LogP contribution < -0.4 is 10.2 Å². The molecule has 0 saturated carbocycles. The quantitative estimate of drug-likeness (QED) is 0.458. The molecular formula is C11H16CoN3O3. The van der Waals surface area contributed by atoms with Gasteiger partial charge >= 0.3 is 22.6 Å². The minimum Gasteiger partial charge on any atom is -0.120 e. The molecule has 0 N–H and O–H groups in total. The molecule has 18 heavy (non-hydrogen) atoms. The Kier molecular flexibility index (Phi) is 25.8. The minimum absolute atomic E-state index is 0. The van der Waals surface area contributed by atoms with Crippen LogP contribution in [-0.2, 0) is 26.1 Å². The van der Waals surface area contributed by atoms with Gasteiger partial charge in [-0.05, 0) is 40.1 Å². The van der Waals surface area contributed by atoms with Crippen LogP contribution in [-0.4, -0.2) is 4.57 Å². The van der Waals surface area contributed by atoms with E-state index in [1.807, 2.05) is 0 Å². The third kappa shape index (κ3) is 11.3. The van der Waals surface area contributed by atoms with Crippen LogP contribution in [0.2, 0.25) is 0 Å². The first-order valence-electron chi connectivity index (χ1n) is 4.71. The topological polar surface area (TPSA) is 88.0 Å². The van der Waals surface area contributed by atoms with Crippen molar-refractivity contribution in [1.29, 1.82) is 0 Å². The van der Waals surface area contributed by atoms with Gasteiger partial charge in [-0.3, -0.25) is 0 Å². The Morgan fingerprint density at radius 2 is 1.56 bits per heavy atom. The predicted octanol–water partition coefficient (Wildman–Crippen LogP) is 1.21. The van der Waals surface area contributed by atoms with Gasteiger partial charge in [0, 0.05) is 16.8 Å². The molecule has 0 aliphatic rings. The summed E-state index contributed by atoms with van der Waals surface area (Å²) in [6, 6.07) is 1.02. The van der Waals surface area contributed by atoms with E-state index in [1.165, 1.54) is 0 Å². The van der Waals surface area contributed by atoms with Gasteiger partial charge in [0.05, 0.1) is 12.1 Å². The van der Waals surface area contributed by atoms with Crippen LogP contribution in [0.15, 0.2) is 12.4 Å². The smallest absolute Gasteiger partial charge is 0.120 e. The molecule has 0 amide bonds. The summed E-state index contributed by atoms with van der Waals surface area (Å²) in [6.07, 6.45) is 7.37. The Labute approximate surface area is 118 Å². The first-order valence-corrected chi connectivity index (χ1v) is 4.71. The molecule has 1 aromatic rings. The van der Waals surface area contributed by atoms with Crippen molar-refractivity contribution in [2.45, 2.75) is 39.8 Å². The summed E-state index contributed by atoms with van der Waals surface area (Å²) in [4.78, 5) is 7.25. The maximum atomic E-state index is 7.50. The molecule has 102 valence electrons.